The Bertz CT molecular complexity index is 1250. The second-order valence-corrected chi connectivity index (χ2v) is 9.30. The molecule has 5 rings (SSSR count). The number of morpholine rings is 1. The van der Waals surface area contributed by atoms with E-state index in [1.165, 1.54) is 5.56 Å². The molecule has 4 aromatic rings. The number of ether oxygens (including phenoxy) is 1. The van der Waals surface area contributed by atoms with Crippen molar-refractivity contribution in [3.63, 3.8) is 0 Å². The topological polar surface area (TPSA) is 45.7 Å². The third-order valence-corrected chi connectivity index (χ3v) is 7.01. The molecule has 0 saturated carbocycles. The molecule has 7 heteroatoms. The number of carbonyl (C=O) groups is 1. The van der Waals surface area contributed by atoms with Gasteiger partial charge in [0.15, 0.2) is 5.13 Å². The lowest BCUT2D eigenvalue weighted by atomic mass is 10.1. The maximum atomic E-state index is 13.7. The number of hydrogen-bond donors (Lipinski definition) is 0. The highest BCUT2D eigenvalue weighted by Crippen LogP contribution is 2.31. The summed E-state index contributed by atoms with van der Waals surface area (Å²) >= 11 is 1.59. The van der Waals surface area contributed by atoms with Gasteiger partial charge in [0.1, 0.15) is 0 Å². The average Bonchev–Trinajstić information content (AvgIpc) is 3.24. The molecule has 1 aliphatic heterocycles. The Morgan fingerprint density at radius 1 is 1.06 bits per heavy atom. The number of aryl methyl sites for hydroxylation is 1. The average molecular weight is 482 g/mol. The zero-order chi connectivity index (χ0) is 21.9. The van der Waals surface area contributed by atoms with Crippen LogP contribution in [0.4, 0.5) is 5.13 Å². The van der Waals surface area contributed by atoms with Crippen LogP contribution < -0.4 is 4.90 Å². The van der Waals surface area contributed by atoms with Gasteiger partial charge in [-0.25, -0.2) is 4.98 Å². The first kappa shape index (κ1) is 23.6. The summed E-state index contributed by atoms with van der Waals surface area (Å²) in [6.45, 7) is 7.17. The second-order valence-electron chi connectivity index (χ2n) is 8.29. The summed E-state index contributed by atoms with van der Waals surface area (Å²) in [6.07, 6.45) is 0.897. The highest BCUT2D eigenvalue weighted by atomic mass is 35.5. The van der Waals surface area contributed by atoms with Crippen molar-refractivity contribution < 1.29 is 9.53 Å². The number of anilines is 1. The van der Waals surface area contributed by atoms with Gasteiger partial charge < -0.3 is 4.74 Å². The third kappa shape index (κ3) is 5.36. The molecule has 0 spiro atoms. The SMILES string of the molecule is Cc1ccc2nc(N(CCCN3CCOCC3)C(=O)c3ccc4ccccc4c3)sc2c1.Cl. The van der Waals surface area contributed by atoms with E-state index in [9.17, 15) is 4.79 Å². The lowest BCUT2D eigenvalue weighted by Gasteiger charge is -2.27. The lowest BCUT2D eigenvalue weighted by molar-refractivity contribution is 0.0376. The molecule has 1 saturated heterocycles. The van der Waals surface area contributed by atoms with Crippen LogP contribution in [0.3, 0.4) is 0 Å². The minimum atomic E-state index is 0. The van der Waals surface area contributed by atoms with E-state index in [2.05, 4.69) is 36.1 Å². The van der Waals surface area contributed by atoms with E-state index in [1.54, 1.807) is 11.3 Å². The minimum absolute atomic E-state index is 0. The van der Waals surface area contributed by atoms with Gasteiger partial charge in [-0.2, -0.15) is 0 Å². The summed E-state index contributed by atoms with van der Waals surface area (Å²) in [5.41, 5.74) is 2.85. The van der Waals surface area contributed by atoms with E-state index in [4.69, 9.17) is 9.72 Å². The smallest absolute Gasteiger partial charge is 0.260 e. The fourth-order valence-electron chi connectivity index (χ4n) is 4.17. The molecular formula is C26H28ClN3O2S. The summed E-state index contributed by atoms with van der Waals surface area (Å²) in [7, 11) is 0. The van der Waals surface area contributed by atoms with Crippen molar-refractivity contribution in [3.8, 4) is 0 Å². The van der Waals surface area contributed by atoms with Crippen LogP contribution in [-0.4, -0.2) is 55.2 Å². The fourth-order valence-corrected chi connectivity index (χ4v) is 5.26. The number of carbonyl (C=O) groups excluding carboxylic acids is 1. The van der Waals surface area contributed by atoms with Crippen molar-refractivity contribution in [2.75, 3.05) is 44.3 Å². The van der Waals surface area contributed by atoms with E-state index in [0.717, 1.165) is 65.4 Å². The van der Waals surface area contributed by atoms with Crippen molar-refractivity contribution in [1.82, 2.24) is 9.88 Å². The van der Waals surface area contributed by atoms with Crippen LogP contribution in [0.5, 0.6) is 0 Å². The standard InChI is InChI=1S/C26H27N3O2S.ClH/c1-19-7-10-23-24(17-19)32-26(27-23)29(12-4-11-28-13-15-31-16-14-28)25(30)22-9-8-20-5-2-3-6-21(20)18-22;/h2-3,5-10,17-18H,4,11-16H2,1H3;1H. The van der Waals surface area contributed by atoms with Crippen molar-refractivity contribution in [2.24, 2.45) is 0 Å². The van der Waals surface area contributed by atoms with Crippen LogP contribution in [0.15, 0.2) is 60.7 Å². The molecule has 1 aliphatic rings. The Labute approximate surface area is 204 Å². The molecule has 0 atom stereocenters. The van der Waals surface area contributed by atoms with Gasteiger partial charge >= 0.3 is 0 Å². The van der Waals surface area contributed by atoms with Crippen LogP contribution >= 0.6 is 23.7 Å². The lowest BCUT2D eigenvalue weighted by Crippen LogP contribution is -2.39. The highest BCUT2D eigenvalue weighted by molar-refractivity contribution is 7.22. The van der Waals surface area contributed by atoms with Gasteiger partial charge in [0.25, 0.3) is 5.91 Å². The van der Waals surface area contributed by atoms with Gasteiger partial charge in [-0.3, -0.25) is 14.6 Å². The maximum absolute atomic E-state index is 13.7. The molecule has 5 nitrogen and oxygen atoms in total. The Morgan fingerprint density at radius 2 is 1.85 bits per heavy atom. The minimum Gasteiger partial charge on any atom is -0.379 e. The fraction of sp³-hybridized carbons (Fsp3) is 0.308. The van der Waals surface area contributed by atoms with Crippen LogP contribution in [0.25, 0.3) is 21.0 Å². The molecule has 0 unspecified atom stereocenters. The number of aromatic nitrogens is 1. The van der Waals surface area contributed by atoms with Gasteiger partial charge in [-0.05, 0) is 53.9 Å². The molecule has 0 bridgehead atoms. The Hall–Kier alpha value is -2.51. The maximum Gasteiger partial charge on any atom is 0.260 e. The number of amides is 1. The van der Waals surface area contributed by atoms with Gasteiger partial charge in [0.2, 0.25) is 0 Å². The van der Waals surface area contributed by atoms with Crippen molar-refractivity contribution in [3.05, 3.63) is 71.8 Å². The first-order valence-corrected chi connectivity index (χ1v) is 12.0. The zero-order valence-corrected chi connectivity index (χ0v) is 20.3. The van der Waals surface area contributed by atoms with Crippen molar-refractivity contribution >= 4 is 55.8 Å². The normalized spacial score (nSPS) is 14.3. The van der Waals surface area contributed by atoms with E-state index in [-0.39, 0.29) is 18.3 Å². The largest absolute Gasteiger partial charge is 0.379 e. The zero-order valence-electron chi connectivity index (χ0n) is 18.7. The number of nitrogens with zero attached hydrogens (tertiary/aromatic N) is 3. The number of hydrogen-bond acceptors (Lipinski definition) is 5. The quantitative estimate of drug-likeness (QED) is 0.362. The van der Waals surface area contributed by atoms with E-state index >= 15 is 0 Å². The molecule has 1 fully saturated rings. The first-order valence-electron chi connectivity index (χ1n) is 11.2. The van der Waals surface area contributed by atoms with Crippen LogP contribution in [0.1, 0.15) is 22.3 Å². The molecule has 1 amide bonds. The van der Waals surface area contributed by atoms with Crippen molar-refractivity contribution in [2.45, 2.75) is 13.3 Å². The molecular weight excluding hydrogens is 454 g/mol. The summed E-state index contributed by atoms with van der Waals surface area (Å²) in [4.78, 5) is 22.8. The summed E-state index contributed by atoms with van der Waals surface area (Å²) in [5, 5.41) is 2.98. The highest BCUT2D eigenvalue weighted by Gasteiger charge is 2.22. The van der Waals surface area contributed by atoms with Crippen LogP contribution in [0, 0.1) is 6.92 Å². The molecule has 0 radical (unpaired) electrons. The number of fused-ring (bicyclic) bond motifs is 2. The van der Waals surface area contributed by atoms with Crippen molar-refractivity contribution in [1.29, 1.82) is 0 Å². The van der Waals surface area contributed by atoms with Gasteiger partial charge in [0, 0.05) is 31.7 Å². The van der Waals surface area contributed by atoms with E-state index < -0.39 is 0 Å². The predicted octanol–water partition coefficient (Wildman–Crippen LogP) is 5.55. The number of benzene rings is 3. The van der Waals surface area contributed by atoms with Gasteiger partial charge in [-0.1, -0.05) is 47.7 Å². The van der Waals surface area contributed by atoms with Gasteiger partial charge in [0.05, 0.1) is 23.4 Å². The Kier molecular flexibility index (Phi) is 7.60. The monoisotopic (exact) mass is 481 g/mol. The number of thiazole rings is 1. The molecule has 172 valence electrons. The Morgan fingerprint density at radius 3 is 2.67 bits per heavy atom. The summed E-state index contributed by atoms with van der Waals surface area (Å²) in [6, 6.07) is 20.3. The molecule has 1 aromatic heterocycles. The first-order chi connectivity index (χ1) is 15.7. The molecule has 2 heterocycles. The Balaban J connectivity index is 0.00000259. The van der Waals surface area contributed by atoms with Crippen LogP contribution in [-0.2, 0) is 4.74 Å². The second kappa shape index (κ2) is 10.6. The number of rotatable bonds is 6. The summed E-state index contributed by atoms with van der Waals surface area (Å²) in [5.74, 6) is 0.00788. The molecule has 3 aromatic carbocycles. The summed E-state index contributed by atoms with van der Waals surface area (Å²) < 4.78 is 6.57. The van der Waals surface area contributed by atoms with E-state index in [0.29, 0.717) is 12.1 Å². The predicted molar refractivity (Wildman–Crippen MR) is 139 cm³/mol. The molecule has 0 N–H and O–H groups in total. The van der Waals surface area contributed by atoms with E-state index in [1.807, 2.05) is 41.3 Å². The van der Waals surface area contributed by atoms with Crippen LogP contribution in [0.2, 0.25) is 0 Å². The number of halogens is 1. The third-order valence-electron chi connectivity index (χ3n) is 5.96. The van der Waals surface area contributed by atoms with Gasteiger partial charge in [-0.15, -0.1) is 12.4 Å². The molecule has 33 heavy (non-hydrogen) atoms. The molecule has 0 aliphatic carbocycles.